The van der Waals surface area contributed by atoms with Crippen molar-refractivity contribution >= 4 is 50.5 Å². The van der Waals surface area contributed by atoms with E-state index in [1.54, 1.807) is 6.07 Å². The average Bonchev–Trinajstić information content (AvgIpc) is 2.70. The number of carbonyl (C=O) groups excluding carboxylic acids is 1. The van der Waals surface area contributed by atoms with Gasteiger partial charge in [-0.25, -0.2) is 8.42 Å². The number of rotatable bonds is 5. The average molecular weight is 456 g/mol. The molecule has 2 aromatic rings. The predicted octanol–water partition coefficient (Wildman–Crippen LogP) is 4.10. The Morgan fingerprint density at radius 2 is 1.76 bits per heavy atom. The van der Waals surface area contributed by atoms with Crippen LogP contribution in [0.2, 0.25) is 10.0 Å². The Morgan fingerprint density at radius 1 is 1.10 bits per heavy atom. The molecule has 0 bridgehead atoms. The van der Waals surface area contributed by atoms with E-state index in [1.165, 1.54) is 16.4 Å². The van der Waals surface area contributed by atoms with Crippen molar-refractivity contribution in [1.82, 2.24) is 4.31 Å². The largest absolute Gasteiger partial charge is 0.376 e. The maximum Gasteiger partial charge on any atom is 0.244 e. The van der Waals surface area contributed by atoms with E-state index in [1.807, 2.05) is 43.3 Å². The molecule has 1 N–H and O–H groups in total. The van der Waals surface area contributed by atoms with Gasteiger partial charge >= 0.3 is 0 Å². The minimum absolute atomic E-state index is 0.00511. The van der Waals surface area contributed by atoms with Gasteiger partial charge in [-0.15, -0.1) is 0 Å². The van der Waals surface area contributed by atoms with Crippen molar-refractivity contribution in [3.05, 3.63) is 52.5 Å². The number of para-hydroxylation sites is 2. The first-order chi connectivity index (χ1) is 13.7. The summed E-state index contributed by atoms with van der Waals surface area (Å²) < 4.78 is 27.2. The standard InChI is InChI=1S/C20H23Cl2N3O3S/c1-24(2)18-6-4-3-5-17(18)23-20(26)14-9-11-25(12-10-14)29(27,28)19-13-15(21)7-8-16(19)22/h3-8,13-14H,9-12H2,1-2H3,(H,23,26). The Morgan fingerprint density at radius 3 is 2.41 bits per heavy atom. The molecule has 29 heavy (non-hydrogen) atoms. The van der Waals surface area contributed by atoms with Crippen molar-refractivity contribution in [2.45, 2.75) is 17.7 Å². The van der Waals surface area contributed by atoms with Gasteiger partial charge in [-0.05, 0) is 43.2 Å². The van der Waals surface area contributed by atoms with Gasteiger partial charge in [0.05, 0.1) is 16.4 Å². The van der Waals surface area contributed by atoms with E-state index in [0.717, 1.165) is 11.4 Å². The number of anilines is 2. The normalized spacial score (nSPS) is 15.9. The van der Waals surface area contributed by atoms with Gasteiger partial charge in [0.1, 0.15) is 4.90 Å². The maximum atomic E-state index is 12.9. The van der Waals surface area contributed by atoms with Crippen molar-refractivity contribution in [1.29, 1.82) is 0 Å². The summed E-state index contributed by atoms with van der Waals surface area (Å²) in [7, 11) is 0.0614. The van der Waals surface area contributed by atoms with Gasteiger partial charge in [0, 0.05) is 38.1 Å². The van der Waals surface area contributed by atoms with Gasteiger partial charge in [-0.3, -0.25) is 4.79 Å². The molecule has 1 heterocycles. The lowest BCUT2D eigenvalue weighted by atomic mass is 9.97. The summed E-state index contributed by atoms with van der Waals surface area (Å²) >= 11 is 12.0. The Bertz CT molecular complexity index is 1000. The summed E-state index contributed by atoms with van der Waals surface area (Å²) in [5, 5.41) is 3.42. The zero-order valence-electron chi connectivity index (χ0n) is 16.2. The fourth-order valence-electron chi connectivity index (χ4n) is 3.38. The molecule has 0 radical (unpaired) electrons. The third-order valence-electron chi connectivity index (χ3n) is 4.98. The number of hydrogen-bond acceptors (Lipinski definition) is 4. The number of piperidine rings is 1. The summed E-state index contributed by atoms with van der Waals surface area (Å²) in [5.41, 5.74) is 1.65. The second-order valence-corrected chi connectivity index (χ2v) is 9.90. The number of sulfonamides is 1. The molecule has 1 amide bonds. The van der Waals surface area contributed by atoms with Gasteiger partial charge in [0.2, 0.25) is 15.9 Å². The lowest BCUT2D eigenvalue weighted by Crippen LogP contribution is -2.41. The molecule has 1 saturated heterocycles. The highest BCUT2D eigenvalue weighted by molar-refractivity contribution is 7.89. The number of carbonyl (C=O) groups is 1. The number of nitrogens with zero attached hydrogens (tertiary/aromatic N) is 2. The SMILES string of the molecule is CN(C)c1ccccc1NC(=O)C1CCN(S(=O)(=O)c2cc(Cl)ccc2Cl)CC1. The molecule has 156 valence electrons. The van der Waals surface area contributed by atoms with Crippen LogP contribution in [0.3, 0.4) is 0 Å². The summed E-state index contributed by atoms with van der Waals surface area (Å²) in [4.78, 5) is 14.7. The molecular formula is C20H23Cl2N3O3S. The molecule has 0 spiro atoms. The minimum atomic E-state index is -3.76. The fourth-order valence-corrected chi connectivity index (χ4v) is 5.58. The number of amides is 1. The zero-order chi connectivity index (χ0) is 21.2. The van der Waals surface area contributed by atoms with E-state index in [2.05, 4.69) is 5.32 Å². The number of hydrogen-bond donors (Lipinski definition) is 1. The number of benzene rings is 2. The van der Waals surface area contributed by atoms with Crippen LogP contribution in [0.25, 0.3) is 0 Å². The molecule has 1 fully saturated rings. The fraction of sp³-hybridized carbons (Fsp3) is 0.350. The lowest BCUT2D eigenvalue weighted by Gasteiger charge is -2.31. The third kappa shape index (κ3) is 4.86. The molecule has 0 atom stereocenters. The van der Waals surface area contributed by atoms with Crippen molar-refractivity contribution in [3.63, 3.8) is 0 Å². The van der Waals surface area contributed by atoms with Gasteiger partial charge in [-0.2, -0.15) is 4.31 Å². The van der Waals surface area contributed by atoms with Crippen molar-refractivity contribution in [2.75, 3.05) is 37.4 Å². The second kappa shape index (κ2) is 8.92. The summed E-state index contributed by atoms with van der Waals surface area (Å²) in [5.74, 6) is -0.358. The second-order valence-electron chi connectivity index (χ2n) is 7.15. The Balaban J connectivity index is 1.67. The summed E-state index contributed by atoms with van der Waals surface area (Å²) in [6.45, 7) is 0.497. The first-order valence-electron chi connectivity index (χ1n) is 9.22. The molecule has 1 aliphatic heterocycles. The van der Waals surface area contributed by atoms with Crippen LogP contribution >= 0.6 is 23.2 Å². The molecule has 1 aliphatic rings. The van der Waals surface area contributed by atoms with Gasteiger partial charge < -0.3 is 10.2 Å². The molecule has 3 rings (SSSR count). The van der Waals surface area contributed by atoms with Crippen LogP contribution in [0.15, 0.2) is 47.4 Å². The van der Waals surface area contributed by atoms with E-state index in [-0.39, 0.29) is 34.8 Å². The van der Waals surface area contributed by atoms with Crippen LogP contribution in [0.1, 0.15) is 12.8 Å². The van der Waals surface area contributed by atoms with E-state index < -0.39 is 10.0 Å². The number of halogens is 2. The van der Waals surface area contributed by atoms with E-state index in [4.69, 9.17) is 23.2 Å². The van der Waals surface area contributed by atoms with Gasteiger partial charge in [0.15, 0.2) is 0 Å². The molecule has 2 aromatic carbocycles. The van der Waals surface area contributed by atoms with Crippen LogP contribution in [0.5, 0.6) is 0 Å². The predicted molar refractivity (Wildman–Crippen MR) is 117 cm³/mol. The first kappa shape index (κ1) is 21.9. The van der Waals surface area contributed by atoms with Crippen LogP contribution in [0, 0.1) is 5.92 Å². The lowest BCUT2D eigenvalue weighted by molar-refractivity contribution is -0.120. The molecule has 0 unspecified atom stereocenters. The summed E-state index contributed by atoms with van der Waals surface area (Å²) in [6.07, 6.45) is 0.876. The Kier molecular flexibility index (Phi) is 6.73. The van der Waals surface area contributed by atoms with E-state index >= 15 is 0 Å². The summed E-state index contributed by atoms with van der Waals surface area (Å²) in [6, 6.07) is 11.9. The molecule has 9 heteroatoms. The Hall–Kier alpha value is -1.80. The van der Waals surface area contributed by atoms with Crippen molar-refractivity contribution in [2.24, 2.45) is 5.92 Å². The van der Waals surface area contributed by atoms with Gasteiger partial charge in [-0.1, -0.05) is 35.3 Å². The minimum Gasteiger partial charge on any atom is -0.376 e. The van der Waals surface area contributed by atoms with Crippen LogP contribution in [-0.2, 0) is 14.8 Å². The monoisotopic (exact) mass is 455 g/mol. The molecule has 0 aromatic heterocycles. The van der Waals surface area contributed by atoms with E-state index in [9.17, 15) is 13.2 Å². The van der Waals surface area contributed by atoms with Crippen molar-refractivity contribution < 1.29 is 13.2 Å². The topological polar surface area (TPSA) is 69.7 Å². The smallest absolute Gasteiger partial charge is 0.244 e. The van der Waals surface area contributed by atoms with E-state index in [0.29, 0.717) is 17.9 Å². The van der Waals surface area contributed by atoms with Crippen molar-refractivity contribution in [3.8, 4) is 0 Å². The molecule has 0 saturated carbocycles. The first-order valence-corrected chi connectivity index (χ1v) is 11.4. The molecule has 0 aliphatic carbocycles. The highest BCUT2D eigenvalue weighted by Gasteiger charge is 2.33. The highest BCUT2D eigenvalue weighted by atomic mass is 35.5. The quantitative estimate of drug-likeness (QED) is 0.736. The molecular weight excluding hydrogens is 433 g/mol. The van der Waals surface area contributed by atoms with Crippen LogP contribution in [-0.4, -0.2) is 45.8 Å². The van der Waals surface area contributed by atoms with Gasteiger partial charge in [0.25, 0.3) is 0 Å². The van der Waals surface area contributed by atoms with Crippen LogP contribution in [0.4, 0.5) is 11.4 Å². The molecule has 6 nitrogen and oxygen atoms in total. The Labute approximate surface area is 181 Å². The zero-order valence-corrected chi connectivity index (χ0v) is 18.6. The van der Waals surface area contributed by atoms with Crippen LogP contribution < -0.4 is 10.2 Å². The highest BCUT2D eigenvalue weighted by Crippen LogP contribution is 2.31. The third-order valence-corrected chi connectivity index (χ3v) is 7.59. The maximum absolute atomic E-state index is 12.9. The number of nitrogens with one attached hydrogen (secondary N) is 1.